The molecule has 0 atom stereocenters. The molecule has 7 nitrogen and oxygen atoms in total. The molecule has 3 aromatic heterocycles. The van der Waals surface area contributed by atoms with E-state index in [4.69, 9.17) is 4.74 Å². The van der Waals surface area contributed by atoms with Crippen LogP contribution in [0.15, 0.2) is 47.8 Å². The molecule has 4 rings (SSSR count). The molecule has 0 spiro atoms. The third-order valence-electron chi connectivity index (χ3n) is 4.20. The monoisotopic (exact) mass is 349 g/mol. The maximum absolute atomic E-state index is 12.1. The van der Waals surface area contributed by atoms with E-state index >= 15 is 0 Å². The van der Waals surface area contributed by atoms with Gasteiger partial charge in [0.25, 0.3) is 5.56 Å². The molecule has 0 saturated heterocycles. The van der Waals surface area contributed by atoms with Gasteiger partial charge in [-0.3, -0.25) is 9.78 Å². The zero-order chi connectivity index (χ0) is 17.9. The van der Waals surface area contributed by atoms with Crippen LogP contribution in [0.3, 0.4) is 0 Å². The second kappa shape index (κ2) is 7.03. The fraction of sp³-hybridized carbons (Fsp3) is 0.316. The summed E-state index contributed by atoms with van der Waals surface area (Å²) in [4.78, 5) is 24.8. The predicted molar refractivity (Wildman–Crippen MR) is 95.8 cm³/mol. The Morgan fingerprint density at radius 2 is 1.96 bits per heavy atom. The van der Waals surface area contributed by atoms with Crippen molar-refractivity contribution in [1.29, 1.82) is 0 Å². The van der Waals surface area contributed by atoms with Crippen molar-refractivity contribution in [3.63, 3.8) is 0 Å². The zero-order valence-corrected chi connectivity index (χ0v) is 14.5. The topological polar surface area (TPSA) is 82.8 Å². The Kier molecular flexibility index (Phi) is 4.43. The van der Waals surface area contributed by atoms with Crippen LogP contribution in [0.4, 0.5) is 0 Å². The highest BCUT2D eigenvalue weighted by molar-refractivity contribution is 5.55. The van der Waals surface area contributed by atoms with E-state index in [9.17, 15) is 4.79 Å². The van der Waals surface area contributed by atoms with E-state index in [1.807, 2.05) is 13.0 Å². The van der Waals surface area contributed by atoms with Gasteiger partial charge in [-0.05, 0) is 42.9 Å². The summed E-state index contributed by atoms with van der Waals surface area (Å²) in [5.74, 6) is 0.652. The summed E-state index contributed by atoms with van der Waals surface area (Å²) in [7, 11) is 0. The lowest BCUT2D eigenvalue weighted by Crippen LogP contribution is -2.23. The first-order valence-electron chi connectivity index (χ1n) is 8.61. The predicted octanol–water partition coefficient (Wildman–Crippen LogP) is 2.24. The summed E-state index contributed by atoms with van der Waals surface area (Å²) in [5.41, 5.74) is 3.18. The molecule has 0 amide bonds. The van der Waals surface area contributed by atoms with E-state index < -0.39 is 0 Å². The number of hydrogen-bond donors (Lipinski definition) is 0. The van der Waals surface area contributed by atoms with Gasteiger partial charge in [0.2, 0.25) is 0 Å². The second-order valence-corrected chi connectivity index (χ2v) is 6.59. The Morgan fingerprint density at radius 3 is 2.69 bits per heavy atom. The number of rotatable bonds is 6. The first-order valence-corrected chi connectivity index (χ1v) is 8.61. The number of nitrogens with zero attached hydrogens (tertiary/aromatic N) is 5. The second-order valence-electron chi connectivity index (χ2n) is 6.59. The number of pyridine rings is 1. The van der Waals surface area contributed by atoms with Crippen LogP contribution in [0, 0.1) is 12.8 Å². The third-order valence-corrected chi connectivity index (χ3v) is 4.20. The molecule has 0 radical (unpaired) electrons. The summed E-state index contributed by atoms with van der Waals surface area (Å²) in [6.45, 7) is 3.01. The fourth-order valence-corrected chi connectivity index (χ4v) is 2.59. The summed E-state index contributed by atoms with van der Waals surface area (Å²) in [6, 6.07) is 5.54. The average molecular weight is 349 g/mol. The number of aryl methyl sites for hydroxylation is 1. The van der Waals surface area contributed by atoms with Gasteiger partial charge in [-0.1, -0.05) is 6.07 Å². The molecule has 132 valence electrons. The molecule has 1 aliphatic carbocycles. The standard InChI is InChI=1S/C19H19N5O2/c1-13-6-15(8-20-7-13)11-24-18(25)5-4-17(23-24)16-9-21-19(22-10-16)26-12-14-2-3-14/h4-10,14H,2-3,11-12H2,1H3. The smallest absolute Gasteiger partial charge is 0.316 e. The first-order chi connectivity index (χ1) is 12.7. The van der Waals surface area contributed by atoms with Crippen molar-refractivity contribution in [2.45, 2.75) is 26.3 Å². The lowest BCUT2D eigenvalue weighted by molar-refractivity contribution is 0.276. The molecule has 0 aromatic carbocycles. The van der Waals surface area contributed by atoms with E-state index in [2.05, 4.69) is 20.1 Å². The minimum absolute atomic E-state index is 0.166. The van der Waals surface area contributed by atoms with Crippen LogP contribution in [0.2, 0.25) is 0 Å². The Labute approximate surface area is 150 Å². The first kappa shape index (κ1) is 16.4. The van der Waals surface area contributed by atoms with Crippen LogP contribution in [0.5, 0.6) is 6.01 Å². The average Bonchev–Trinajstić information content (AvgIpc) is 3.47. The minimum Gasteiger partial charge on any atom is -0.463 e. The van der Waals surface area contributed by atoms with E-state index in [1.54, 1.807) is 30.9 Å². The van der Waals surface area contributed by atoms with Crippen LogP contribution in [0.1, 0.15) is 24.0 Å². The largest absolute Gasteiger partial charge is 0.463 e. The molecular weight excluding hydrogens is 330 g/mol. The SMILES string of the molecule is Cc1cncc(Cn2nc(-c3cnc(OCC4CC4)nc3)ccc2=O)c1. The Bertz CT molecular complexity index is 964. The lowest BCUT2D eigenvalue weighted by atomic mass is 10.2. The summed E-state index contributed by atoms with van der Waals surface area (Å²) in [5, 5.41) is 4.44. The molecule has 3 heterocycles. The highest BCUT2D eigenvalue weighted by Crippen LogP contribution is 2.29. The van der Waals surface area contributed by atoms with E-state index in [-0.39, 0.29) is 5.56 Å². The van der Waals surface area contributed by atoms with Crippen molar-refractivity contribution in [1.82, 2.24) is 24.7 Å². The summed E-state index contributed by atoms with van der Waals surface area (Å²) >= 11 is 0. The van der Waals surface area contributed by atoms with Crippen molar-refractivity contribution >= 4 is 0 Å². The van der Waals surface area contributed by atoms with Crippen molar-refractivity contribution in [2.24, 2.45) is 5.92 Å². The van der Waals surface area contributed by atoms with Gasteiger partial charge in [0.1, 0.15) is 0 Å². The molecule has 1 aliphatic rings. The van der Waals surface area contributed by atoms with Crippen LogP contribution in [-0.2, 0) is 6.54 Å². The number of hydrogen-bond acceptors (Lipinski definition) is 6. The summed E-state index contributed by atoms with van der Waals surface area (Å²) in [6.07, 6.45) is 9.30. The van der Waals surface area contributed by atoms with Crippen molar-refractivity contribution in [3.8, 4) is 17.3 Å². The number of ether oxygens (including phenoxy) is 1. The maximum Gasteiger partial charge on any atom is 0.316 e. The van der Waals surface area contributed by atoms with Gasteiger partial charge in [-0.25, -0.2) is 14.6 Å². The van der Waals surface area contributed by atoms with Gasteiger partial charge in [-0.15, -0.1) is 0 Å². The van der Waals surface area contributed by atoms with E-state index in [0.717, 1.165) is 16.7 Å². The van der Waals surface area contributed by atoms with Crippen LogP contribution in [-0.4, -0.2) is 31.3 Å². The van der Waals surface area contributed by atoms with Crippen molar-refractivity contribution in [2.75, 3.05) is 6.61 Å². The molecule has 1 fully saturated rings. The summed E-state index contributed by atoms with van der Waals surface area (Å²) < 4.78 is 6.97. The molecule has 0 unspecified atom stereocenters. The molecule has 1 saturated carbocycles. The van der Waals surface area contributed by atoms with Gasteiger partial charge in [0, 0.05) is 36.4 Å². The highest BCUT2D eigenvalue weighted by Gasteiger charge is 2.22. The number of aromatic nitrogens is 5. The quantitative estimate of drug-likeness (QED) is 0.679. The Hall–Kier alpha value is -3.09. The fourth-order valence-electron chi connectivity index (χ4n) is 2.59. The Balaban J connectivity index is 1.54. The molecule has 0 bridgehead atoms. The third kappa shape index (κ3) is 3.93. The van der Waals surface area contributed by atoms with Crippen molar-refractivity contribution < 1.29 is 4.74 Å². The van der Waals surface area contributed by atoms with Gasteiger partial charge in [0.15, 0.2) is 0 Å². The zero-order valence-electron chi connectivity index (χ0n) is 14.5. The van der Waals surface area contributed by atoms with Gasteiger partial charge < -0.3 is 4.74 Å². The lowest BCUT2D eigenvalue weighted by Gasteiger charge is -2.08. The van der Waals surface area contributed by atoms with E-state index in [0.29, 0.717) is 30.8 Å². The van der Waals surface area contributed by atoms with Crippen LogP contribution < -0.4 is 10.3 Å². The molecule has 0 N–H and O–H groups in total. The minimum atomic E-state index is -0.166. The molecule has 0 aliphatic heterocycles. The van der Waals surface area contributed by atoms with Crippen LogP contribution in [0.25, 0.3) is 11.3 Å². The van der Waals surface area contributed by atoms with Gasteiger partial charge >= 0.3 is 6.01 Å². The molecule has 26 heavy (non-hydrogen) atoms. The van der Waals surface area contributed by atoms with Crippen LogP contribution >= 0.6 is 0 Å². The van der Waals surface area contributed by atoms with Crippen molar-refractivity contribution in [3.05, 3.63) is 64.5 Å². The highest BCUT2D eigenvalue weighted by atomic mass is 16.5. The van der Waals surface area contributed by atoms with Gasteiger partial charge in [-0.2, -0.15) is 5.10 Å². The van der Waals surface area contributed by atoms with E-state index in [1.165, 1.54) is 23.6 Å². The maximum atomic E-state index is 12.1. The Morgan fingerprint density at radius 1 is 1.15 bits per heavy atom. The van der Waals surface area contributed by atoms with Gasteiger partial charge in [0.05, 0.1) is 18.8 Å². The molecule has 7 heteroatoms. The molecular formula is C19H19N5O2. The molecule has 3 aromatic rings. The normalized spacial score (nSPS) is 13.6.